The van der Waals surface area contributed by atoms with Crippen LogP contribution in [0.5, 0.6) is 0 Å². The topological polar surface area (TPSA) is 26.3 Å². The maximum atomic E-state index is 13.3. The molecule has 0 unspecified atom stereocenters. The zero-order valence-corrected chi connectivity index (χ0v) is 18.1. The van der Waals surface area contributed by atoms with E-state index in [2.05, 4.69) is 39.9 Å². The van der Waals surface area contributed by atoms with Crippen LogP contribution >= 0.6 is 0 Å². The molecule has 0 amide bonds. The summed E-state index contributed by atoms with van der Waals surface area (Å²) < 4.78 is 7.07. The van der Waals surface area contributed by atoms with Crippen molar-refractivity contribution in [1.82, 2.24) is 0 Å². The van der Waals surface area contributed by atoms with Gasteiger partial charge >= 0.3 is 0 Å². The molecule has 0 N–H and O–H groups in total. The van der Waals surface area contributed by atoms with Crippen LogP contribution in [0.3, 0.4) is 0 Å². The van der Waals surface area contributed by atoms with Crippen molar-refractivity contribution in [2.45, 2.75) is 83.0 Å². The summed E-state index contributed by atoms with van der Waals surface area (Å²) in [5.41, 5.74) is 1.37. The quantitative estimate of drug-likeness (QED) is 0.444. The van der Waals surface area contributed by atoms with Gasteiger partial charge in [-0.05, 0) is 31.0 Å². The van der Waals surface area contributed by atoms with Gasteiger partial charge < -0.3 is 4.43 Å². The van der Waals surface area contributed by atoms with E-state index >= 15 is 0 Å². The van der Waals surface area contributed by atoms with Crippen LogP contribution in [0.1, 0.15) is 69.7 Å². The zero-order valence-electron chi connectivity index (χ0n) is 17.1. The number of hydrogen-bond donors (Lipinski definition) is 0. The smallest absolute Gasteiger partial charge is 0.193 e. The Morgan fingerprint density at radius 3 is 2.38 bits per heavy atom. The first-order chi connectivity index (χ1) is 12.2. The van der Waals surface area contributed by atoms with E-state index in [1.807, 2.05) is 30.3 Å². The van der Waals surface area contributed by atoms with Gasteiger partial charge in [0.25, 0.3) is 0 Å². The van der Waals surface area contributed by atoms with Gasteiger partial charge in [0, 0.05) is 17.1 Å². The van der Waals surface area contributed by atoms with E-state index in [0.29, 0.717) is 5.92 Å². The Balaban J connectivity index is 1.97. The molecule has 1 fully saturated rings. The molecule has 1 aromatic carbocycles. The van der Waals surface area contributed by atoms with Crippen LogP contribution in [0.2, 0.25) is 18.1 Å². The lowest BCUT2D eigenvalue weighted by Gasteiger charge is -2.55. The summed E-state index contributed by atoms with van der Waals surface area (Å²) in [5, 5.41) is 0.144. The van der Waals surface area contributed by atoms with E-state index in [1.165, 1.54) is 19.3 Å². The number of carbonyl (C=O) groups excluding carboxylic acids is 1. The van der Waals surface area contributed by atoms with E-state index < -0.39 is 8.32 Å². The van der Waals surface area contributed by atoms with E-state index in [9.17, 15) is 4.79 Å². The molecule has 2 aliphatic rings. The SMILES string of the molecule is CC(C)(C)[Si](C)(C)O[C@]12CCCCCC[C@H]1C=C2C(=O)c1ccccc1. The molecule has 2 atom stereocenters. The summed E-state index contributed by atoms with van der Waals surface area (Å²) in [6, 6.07) is 9.72. The highest BCUT2D eigenvalue weighted by atomic mass is 28.4. The summed E-state index contributed by atoms with van der Waals surface area (Å²) >= 11 is 0. The molecule has 0 aromatic heterocycles. The molecular weight excluding hydrogens is 336 g/mol. The molecule has 0 heterocycles. The molecule has 142 valence electrons. The molecule has 0 bridgehead atoms. The molecule has 1 saturated carbocycles. The van der Waals surface area contributed by atoms with Crippen LogP contribution in [-0.2, 0) is 4.43 Å². The lowest BCUT2D eigenvalue weighted by molar-refractivity contribution is 0.00439. The summed E-state index contributed by atoms with van der Waals surface area (Å²) in [6.07, 6.45) is 9.34. The maximum absolute atomic E-state index is 13.3. The predicted octanol–water partition coefficient (Wildman–Crippen LogP) is 6.54. The molecule has 2 aliphatic carbocycles. The average Bonchev–Trinajstić information content (AvgIpc) is 2.56. The van der Waals surface area contributed by atoms with Gasteiger partial charge in [-0.15, -0.1) is 0 Å². The molecule has 3 heteroatoms. The maximum Gasteiger partial charge on any atom is 0.193 e. The van der Waals surface area contributed by atoms with E-state index in [0.717, 1.165) is 30.4 Å². The Labute approximate surface area is 160 Å². The number of carbonyl (C=O) groups is 1. The summed E-state index contributed by atoms with van der Waals surface area (Å²) in [4.78, 5) is 13.3. The number of fused-ring (bicyclic) bond motifs is 1. The number of Topliss-reactive ketones (excluding diaryl/α,β-unsaturated/α-hetero) is 1. The van der Waals surface area contributed by atoms with Crippen molar-refractivity contribution in [3.63, 3.8) is 0 Å². The van der Waals surface area contributed by atoms with Crippen LogP contribution in [0.15, 0.2) is 42.0 Å². The minimum absolute atomic E-state index is 0.144. The minimum Gasteiger partial charge on any atom is -0.407 e. The van der Waals surface area contributed by atoms with Crippen molar-refractivity contribution in [2.24, 2.45) is 5.92 Å². The minimum atomic E-state index is -1.98. The van der Waals surface area contributed by atoms with Crippen molar-refractivity contribution in [2.75, 3.05) is 0 Å². The first-order valence-electron chi connectivity index (χ1n) is 10.2. The van der Waals surface area contributed by atoms with E-state index in [1.54, 1.807) is 0 Å². The zero-order chi connectivity index (χ0) is 19.0. The Kier molecular flexibility index (Phi) is 5.33. The lowest BCUT2D eigenvalue weighted by atomic mass is 9.63. The van der Waals surface area contributed by atoms with Crippen LogP contribution in [0, 0.1) is 5.92 Å². The first kappa shape index (κ1) is 19.6. The fourth-order valence-corrected chi connectivity index (χ4v) is 5.71. The molecule has 26 heavy (non-hydrogen) atoms. The second-order valence-electron chi connectivity index (χ2n) is 9.59. The second kappa shape index (κ2) is 7.08. The molecule has 0 spiro atoms. The lowest BCUT2D eigenvalue weighted by Crippen LogP contribution is -2.59. The van der Waals surface area contributed by atoms with Gasteiger partial charge in [0.05, 0.1) is 5.60 Å². The van der Waals surface area contributed by atoms with Gasteiger partial charge in [-0.3, -0.25) is 4.79 Å². The van der Waals surface area contributed by atoms with Crippen LogP contribution in [0.4, 0.5) is 0 Å². The molecule has 0 saturated heterocycles. The molecule has 2 nitrogen and oxygen atoms in total. The standard InChI is InChI=1S/C23H34O2Si/c1-22(2,3)26(4,5)25-23-16-12-7-6-11-15-19(23)17-20(23)21(24)18-13-9-8-10-14-18/h8-10,13-14,17,19H,6-7,11-12,15-16H2,1-5H3/t19-,23+/m0/s1. The van der Waals surface area contributed by atoms with Gasteiger partial charge in [0.1, 0.15) is 0 Å². The van der Waals surface area contributed by atoms with Gasteiger partial charge in [-0.25, -0.2) is 0 Å². The van der Waals surface area contributed by atoms with E-state index in [4.69, 9.17) is 4.43 Å². The molecular formula is C23H34O2Si. The molecule has 0 aliphatic heterocycles. The third-order valence-corrected chi connectivity index (χ3v) is 11.2. The fraction of sp³-hybridized carbons (Fsp3) is 0.609. The van der Waals surface area contributed by atoms with Gasteiger partial charge in [-0.1, -0.05) is 82.9 Å². The molecule has 1 aromatic rings. The average molecular weight is 371 g/mol. The number of rotatable bonds is 4. The number of hydrogen-bond acceptors (Lipinski definition) is 2. The Bertz CT molecular complexity index is 684. The van der Waals surface area contributed by atoms with Gasteiger partial charge in [0.2, 0.25) is 0 Å². The van der Waals surface area contributed by atoms with Crippen molar-refractivity contribution in [3.8, 4) is 0 Å². The highest BCUT2D eigenvalue weighted by Crippen LogP contribution is 2.53. The highest BCUT2D eigenvalue weighted by Gasteiger charge is 2.55. The van der Waals surface area contributed by atoms with Crippen LogP contribution in [0.25, 0.3) is 0 Å². The Morgan fingerprint density at radius 1 is 1.08 bits per heavy atom. The molecule has 0 radical (unpaired) electrons. The third kappa shape index (κ3) is 3.48. The monoisotopic (exact) mass is 370 g/mol. The van der Waals surface area contributed by atoms with Crippen molar-refractivity contribution >= 4 is 14.1 Å². The van der Waals surface area contributed by atoms with Crippen molar-refractivity contribution in [3.05, 3.63) is 47.5 Å². The first-order valence-corrected chi connectivity index (χ1v) is 13.1. The fourth-order valence-electron chi connectivity index (χ4n) is 4.13. The van der Waals surface area contributed by atoms with Gasteiger partial charge in [-0.2, -0.15) is 0 Å². The predicted molar refractivity (Wildman–Crippen MR) is 111 cm³/mol. The van der Waals surface area contributed by atoms with E-state index in [-0.39, 0.29) is 16.4 Å². The van der Waals surface area contributed by atoms with Gasteiger partial charge in [0.15, 0.2) is 14.1 Å². The van der Waals surface area contributed by atoms with Crippen molar-refractivity contribution in [1.29, 1.82) is 0 Å². The third-order valence-electron chi connectivity index (χ3n) is 6.76. The number of ketones is 1. The summed E-state index contributed by atoms with van der Waals surface area (Å²) in [5.74, 6) is 0.570. The summed E-state index contributed by atoms with van der Waals surface area (Å²) in [6.45, 7) is 11.5. The largest absolute Gasteiger partial charge is 0.407 e. The molecule has 3 rings (SSSR count). The van der Waals surface area contributed by atoms with Crippen LogP contribution < -0.4 is 0 Å². The normalized spacial score (nSPS) is 26.8. The van der Waals surface area contributed by atoms with Crippen molar-refractivity contribution < 1.29 is 9.22 Å². The summed E-state index contributed by atoms with van der Waals surface area (Å²) in [7, 11) is -1.98. The Morgan fingerprint density at radius 2 is 1.73 bits per heavy atom. The second-order valence-corrected chi connectivity index (χ2v) is 14.3. The number of benzene rings is 1. The Hall–Kier alpha value is -1.19. The highest BCUT2D eigenvalue weighted by molar-refractivity contribution is 6.74. The van der Waals surface area contributed by atoms with Crippen LogP contribution in [-0.4, -0.2) is 19.7 Å².